The number of aromatic nitrogens is 2. The summed E-state index contributed by atoms with van der Waals surface area (Å²) in [7, 11) is 0. The van der Waals surface area contributed by atoms with Crippen LogP contribution in [0.2, 0.25) is 0 Å². The van der Waals surface area contributed by atoms with E-state index in [9.17, 15) is 0 Å². The lowest BCUT2D eigenvalue weighted by atomic mass is 10.1. The molecule has 0 amide bonds. The van der Waals surface area contributed by atoms with Gasteiger partial charge in [0, 0.05) is 21.9 Å². The molecular weight excluding hydrogens is 308 g/mol. The Balaban J connectivity index is 2.41. The molecule has 3 rings (SSSR count). The summed E-state index contributed by atoms with van der Waals surface area (Å²) >= 11 is 7.31. The van der Waals surface area contributed by atoms with Crippen molar-refractivity contribution in [2.75, 3.05) is 6.26 Å². The molecule has 0 atom stereocenters. The van der Waals surface area contributed by atoms with Gasteiger partial charge in [-0.15, -0.1) is 11.8 Å². The molecule has 0 fully saturated rings. The van der Waals surface area contributed by atoms with E-state index in [2.05, 4.69) is 55.0 Å². The van der Waals surface area contributed by atoms with Crippen LogP contribution in [-0.4, -0.2) is 15.8 Å². The first-order valence-electron chi connectivity index (χ1n) is 7.27. The lowest BCUT2D eigenvalue weighted by molar-refractivity contribution is 0.600. The molecular formula is C18H18N2S2. The van der Waals surface area contributed by atoms with Crippen molar-refractivity contribution in [1.29, 1.82) is 0 Å². The van der Waals surface area contributed by atoms with Crippen molar-refractivity contribution in [2.24, 2.45) is 0 Å². The largest absolute Gasteiger partial charge is 0.314 e. The Morgan fingerprint density at radius 2 is 1.82 bits per heavy atom. The van der Waals surface area contributed by atoms with E-state index in [0.29, 0.717) is 4.77 Å². The van der Waals surface area contributed by atoms with Crippen molar-refractivity contribution in [1.82, 2.24) is 9.55 Å². The summed E-state index contributed by atoms with van der Waals surface area (Å²) in [4.78, 5) is 5.96. The maximum absolute atomic E-state index is 5.57. The quantitative estimate of drug-likeness (QED) is 0.452. The highest BCUT2D eigenvalue weighted by atomic mass is 32.2. The molecule has 2 nitrogen and oxygen atoms in total. The summed E-state index contributed by atoms with van der Waals surface area (Å²) in [5, 5.41) is 1.14. The molecule has 0 spiro atoms. The summed E-state index contributed by atoms with van der Waals surface area (Å²) in [5.41, 5.74) is 3.22. The third-order valence-electron chi connectivity index (χ3n) is 3.70. The molecule has 2 aromatic carbocycles. The van der Waals surface area contributed by atoms with Crippen molar-refractivity contribution in [3.8, 4) is 11.3 Å². The normalized spacial score (nSPS) is 11.3. The molecule has 3 aromatic rings. The minimum Gasteiger partial charge on any atom is -0.314 e. The molecule has 0 saturated carbocycles. The van der Waals surface area contributed by atoms with Gasteiger partial charge in [-0.1, -0.05) is 30.3 Å². The van der Waals surface area contributed by atoms with Crippen LogP contribution in [0, 0.1) is 4.77 Å². The van der Waals surface area contributed by atoms with Crippen molar-refractivity contribution in [2.45, 2.75) is 24.8 Å². The molecule has 112 valence electrons. The molecule has 0 N–H and O–H groups in total. The Bertz CT molecular complexity index is 867. The van der Waals surface area contributed by atoms with E-state index >= 15 is 0 Å². The minimum atomic E-state index is 0.282. The maximum Gasteiger partial charge on any atom is 0.200 e. The molecule has 0 radical (unpaired) electrons. The van der Waals surface area contributed by atoms with Gasteiger partial charge in [0.2, 0.25) is 4.77 Å². The zero-order valence-corrected chi connectivity index (χ0v) is 14.5. The predicted molar refractivity (Wildman–Crippen MR) is 98.2 cm³/mol. The smallest absolute Gasteiger partial charge is 0.200 e. The number of fused-ring (bicyclic) bond motifs is 1. The highest BCUT2D eigenvalue weighted by Gasteiger charge is 2.12. The number of benzene rings is 2. The van der Waals surface area contributed by atoms with Gasteiger partial charge in [0.05, 0.1) is 11.2 Å². The first-order chi connectivity index (χ1) is 10.6. The van der Waals surface area contributed by atoms with Gasteiger partial charge in [0.15, 0.2) is 0 Å². The monoisotopic (exact) mass is 326 g/mol. The summed E-state index contributed by atoms with van der Waals surface area (Å²) in [6, 6.07) is 17.0. The Hall–Kier alpha value is -1.65. The number of rotatable bonds is 3. The number of hydrogen-bond donors (Lipinski definition) is 0. The van der Waals surface area contributed by atoms with E-state index in [4.69, 9.17) is 17.2 Å². The molecule has 0 unspecified atom stereocenters. The van der Waals surface area contributed by atoms with Crippen LogP contribution < -0.4 is 0 Å². The second kappa shape index (κ2) is 6.23. The first kappa shape index (κ1) is 15.3. The lowest BCUT2D eigenvalue weighted by Crippen LogP contribution is -2.08. The second-order valence-electron chi connectivity index (χ2n) is 5.46. The van der Waals surface area contributed by atoms with Crippen LogP contribution in [0.3, 0.4) is 0 Å². The fourth-order valence-corrected chi connectivity index (χ4v) is 3.50. The summed E-state index contributed by atoms with van der Waals surface area (Å²) in [5.74, 6) is 0. The van der Waals surface area contributed by atoms with Gasteiger partial charge in [-0.25, -0.2) is 4.98 Å². The van der Waals surface area contributed by atoms with Crippen LogP contribution >= 0.6 is 24.0 Å². The molecule has 0 aliphatic heterocycles. The molecule has 4 heteroatoms. The SMILES string of the molecule is CSc1ccc2c(-c3ccccc3)nc(=S)n(C(C)C)c2c1. The average molecular weight is 326 g/mol. The highest BCUT2D eigenvalue weighted by molar-refractivity contribution is 7.98. The van der Waals surface area contributed by atoms with E-state index in [0.717, 1.165) is 22.2 Å². The number of hydrogen-bond acceptors (Lipinski definition) is 3. The minimum absolute atomic E-state index is 0.282. The van der Waals surface area contributed by atoms with Crippen LogP contribution in [-0.2, 0) is 0 Å². The fraction of sp³-hybridized carbons (Fsp3) is 0.222. The standard InChI is InChI=1S/C18H18N2S2/c1-12(2)20-16-11-14(22-3)9-10-15(16)17(19-18(20)21)13-7-5-4-6-8-13/h4-12H,1-3H3. The molecule has 0 aliphatic carbocycles. The van der Waals surface area contributed by atoms with Crippen molar-refractivity contribution >= 4 is 34.9 Å². The highest BCUT2D eigenvalue weighted by Crippen LogP contribution is 2.31. The van der Waals surface area contributed by atoms with Crippen molar-refractivity contribution < 1.29 is 0 Å². The van der Waals surface area contributed by atoms with Gasteiger partial charge in [0.25, 0.3) is 0 Å². The molecule has 0 aliphatic rings. The maximum atomic E-state index is 5.57. The van der Waals surface area contributed by atoms with Gasteiger partial charge in [0.1, 0.15) is 0 Å². The predicted octanol–water partition coefficient (Wildman–Crippen LogP) is 5.74. The van der Waals surface area contributed by atoms with Crippen LogP contribution in [0.25, 0.3) is 22.2 Å². The van der Waals surface area contributed by atoms with Crippen molar-refractivity contribution in [3.63, 3.8) is 0 Å². The van der Waals surface area contributed by atoms with Gasteiger partial charge in [-0.05, 0) is 50.5 Å². The summed E-state index contributed by atoms with van der Waals surface area (Å²) in [6.07, 6.45) is 2.09. The van der Waals surface area contributed by atoms with Gasteiger partial charge in [-0.2, -0.15) is 0 Å². The molecule has 0 bridgehead atoms. The van der Waals surface area contributed by atoms with E-state index < -0.39 is 0 Å². The molecule has 1 aromatic heterocycles. The fourth-order valence-electron chi connectivity index (χ4n) is 2.67. The average Bonchev–Trinajstić information content (AvgIpc) is 2.53. The second-order valence-corrected chi connectivity index (χ2v) is 6.70. The van der Waals surface area contributed by atoms with E-state index in [1.807, 2.05) is 18.2 Å². The van der Waals surface area contributed by atoms with Crippen molar-refractivity contribution in [3.05, 3.63) is 53.3 Å². The number of thioether (sulfide) groups is 1. The van der Waals surface area contributed by atoms with Crippen LogP contribution in [0.1, 0.15) is 19.9 Å². The Kier molecular flexibility index (Phi) is 4.32. The van der Waals surface area contributed by atoms with Crippen LogP contribution in [0.4, 0.5) is 0 Å². The Labute approximate surface area is 140 Å². The third-order valence-corrected chi connectivity index (χ3v) is 4.71. The first-order valence-corrected chi connectivity index (χ1v) is 8.91. The van der Waals surface area contributed by atoms with Gasteiger partial charge in [-0.3, -0.25) is 0 Å². The van der Waals surface area contributed by atoms with Gasteiger partial charge < -0.3 is 4.57 Å². The van der Waals surface area contributed by atoms with E-state index in [1.165, 1.54) is 4.90 Å². The zero-order valence-electron chi connectivity index (χ0n) is 12.9. The Morgan fingerprint density at radius 1 is 1.09 bits per heavy atom. The summed E-state index contributed by atoms with van der Waals surface area (Å²) < 4.78 is 2.77. The third kappa shape index (κ3) is 2.69. The molecule has 1 heterocycles. The topological polar surface area (TPSA) is 17.8 Å². The molecule has 0 saturated heterocycles. The van der Waals surface area contributed by atoms with Gasteiger partial charge >= 0.3 is 0 Å². The number of nitrogens with zero attached hydrogens (tertiary/aromatic N) is 2. The van der Waals surface area contributed by atoms with Crippen LogP contribution in [0.15, 0.2) is 53.4 Å². The van der Waals surface area contributed by atoms with E-state index in [-0.39, 0.29) is 6.04 Å². The van der Waals surface area contributed by atoms with Crippen LogP contribution in [0.5, 0.6) is 0 Å². The summed E-state index contributed by atoms with van der Waals surface area (Å²) in [6.45, 7) is 4.29. The van der Waals surface area contributed by atoms with E-state index in [1.54, 1.807) is 11.8 Å². The molecule has 22 heavy (non-hydrogen) atoms. The lowest BCUT2D eigenvalue weighted by Gasteiger charge is -2.17. The zero-order chi connectivity index (χ0) is 15.7. The Morgan fingerprint density at radius 3 is 2.45 bits per heavy atom.